The van der Waals surface area contributed by atoms with Crippen molar-refractivity contribution in [2.75, 3.05) is 20.8 Å². The molecule has 0 fully saturated rings. The van der Waals surface area contributed by atoms with Gasteiger partial charge in [0.05, 0.1) is 0 Å². The molecule has 2 N–H and O–H groups in total. The van der Waals surface area contributed by atoms with Gasteiger partial charge in [0.15, 0.2) is 0 Å². The predicted molar refractivity (Wildman–Crippen MR) is 108 cm³/mol. The number of allylic oxidation sites excluding steroid dienone is 1. The van der Waals surface area contributed by atoms with E-state index in [1.807, 2.05) is 39.8 Å². The van der Waals surface area contributed by atoms with Gasteiger partial charge in [-0.2, -0.15) is 0 Å². The molecule has 2 nitrogen and oxygen atoms in total. The number of methoxy groups -OCH3 is 1. The highest BCUT2D eigenvalue weighted by molar-refractivity contribution is 6.36. The molecule has 23 heavy (non-hydrogen) atoms. The van der Waals surface area contributed by atoms with Crippen LogP contribution in [0.1, 0.15) is 51.2 Å². The normalized spacial score (nSPS) is 8.57. The van der Waals surface area contributed by atoms with E-state index in [-0.39, 0.29) is 0 Å². The third-order valence-electron chi connectivity index (χ3n) is 2.56. The van der Waals surface area contributed by atoms with E-state index in [9.17, 15) is 0 Å². The molecule has 0 amide bonds. The Morgan fingerprint density at radius 3 is 1.91 bits per heavy atom. The smallest absolute Gasteiger partial charge is 0.0462 e. The van der Waals surface area contributed by atoms with Crippen LogP contribution in [0, 0.1) is 6.92 Å². The molecule has 0 heterocycles. The van der Waals surface area contributed by atoms with Crippen molar-refractivity contribution in [3.63, 3.8) is 0 Å². The van der Waals surface area contributed by atoms with Gasteiger partial charge in [0.2, 0.25) is 0 Å². The Kier molecular flexibility index (Phi) is 25.5. The first-order chi connectivity index (χ1) is 11.1. The molecule has 0 spiro atoms. The Labute approximate surface area is 154 Å². The molecule has 0 atom stereocenters. The summed E-state index contributed by atoms with van der Waals surface area (Å²) in [6, 6.07) is 3.94. The molecule has 0 saturated heterocycles. The standard InChI is InChI=1S/C13H18Cl2O.C3H6.C2H6.CH5N/c1-10-8-12(14)11(13(15)9-10)6-4-3-5-7-16-2;1-3-2;2*1-2/h8-9H,3-7H2,1-2H3;3H,1H2,2H3;1-2H3;2H2,1H3. The van der Waals surface area contributed by atoms with E-state index < -0.39 is 0 Å². The second-order valence-corrected chi connectivity index (χ2v) is 5.23. The molecular formula is C19H35Cl2NO. The van der Waals surface area contributed by atoms with E-state index in [1.54, 1.807) is 13.2 Å². The predicted octanol–water partition coefficient (Wildman–Crippen LogP) is 6.45. The topological polar surface area (TPSA) is 35.2 Å². The number of ether oxygens (including phenoxy) is 1. The number of aryl methyl sites for hydroxylation is 1. The maximum Gasteiger partial charge on any atom is 0.0462 e. The quantitative estimate of drug-likeness (QED) is 0.465. The zero-order valence-electron chi connectivity index (χ0n) is 15.7. The summed E-state index contributed by atoms with van der Waals surface area (Å²) in [4.78, 5) is 0. The van der Waals surface area contributed by atoms with Gasteiger partial charge < -0.3 is 10.5 Å². The Bertz CT molecular complexity index is 359. The molecule has 0 aliphatic rings. The second kappa shape index (κ2) is 21.5. The Morgan fingerprint density at radius 2 is 1.52 bits per heavy atom. The van der Waals surface area contributed by atoms with Crippen LogP contribution < -0.4 is 5.73 Å². The summed E-state index contributed by atoms with van der Waals surface area (Å²) in [6.45, 7) is 12.1. The van der Waals surface area contributed by atoms with Gasteiger partial charge in [-0.1, -0.05) is 49.5 Å². The van der Waals surface area contributed by atoms with Gasteiger partial charge in [0.1, 0.15) is 0 Å². The van der Waals surface area contributed by atoms with Crippen molar-refractivity contribution in [3.05, 3.63) is 46.0 Å². The Morgan fingerprint density at radius 1 is 1.09 bits per heavy atom. The fraction of sp³-hybridized carbons (Fsp3) is 0.579. The summed E-state index contributed by atoms with van der Waals surface area (Å²) in [5.41, 5.74) is 6.68. The summed E-state index contributed by atoms with van der Waals surface area (Å²) >= 11 is 12.3. The molecule has 1 aromatic rings. The van der Waals surface area contributed by atoms with Crippen molar-refractivity contribution in [1.29, 1.82) is 0 Å². The van der Waals surface area contributed by atoms with Crippen LogP contribution in [0.5, 0.6) is 0 Å². The van der Waals surface area contributed by atoms with E-state index in [0.29, 0.717) is 0 Å². The van der Waals surface area contributed by atoms with E-state index >= 15 is 0 Å². The van der Waals surface area contributed by atoms with E-state index in [4.69, 9.17) is 27.9 Å². The molecule has 0 aromatic heterocycles. The van der Waals surface area contributed by atoms with Gasteiger partial charge in [-0.05, 0) is 63.4 Å². The van der Waals surface area contributed by atoms with Crippen molar-refractivity contribution in [2.45, 2.75) is 53.4 Å². The summed E-state index contributed by atoms with van der Waals surface area (Å²) < 4.78 is 5.01. The lowest BCUT2D eigenvalue weighted by molar-refractivity contribution is 0.192. The minimum absolute atomic E-state index is 0.789. The maximum absolute atomic E-state index is 6.17. The molecule has 0 radical (unpaired) electrons. The van der Waals surface area contributed by atoms with Gasteiger partial charge in [-0.25, -0.2) is 0 Å². The molecular weight excluding hydrogens is 329 g/mol. The average Bonchev–Trinajstić information content (AvgIpc) is 2.54. The number of nitrogens with two attached hydrogens (primary N) is 1. The minimum Gasteiger partial charge on any atom is -0.385 e. The largest absolute Gasteiger partial charge is 0.385 e. The van der Waals surface area contributed by atoms with Crippen LogP contribution in [0.3, 0.4) is 0 Å². The number of hydrogen-bond acceptors (Lipinski definition) is 2. The summed E-state index contributed by atoms with van der Waals surface area (Å²) in [5, 5.41) is 1.58. The fourth-order valence-electron chi connectivity index (χ4n) is 1.69. The molecule has 0 unspecified atom stereocenters. The van der Waals surface area contributed by atoms with Gasteiger partial charge in [-0.3, -0.25) is 0 Å². The number of benzene rings is 1. The minimum atomic E-state index is 0.789. The fourth-order valence-corrected chi connectivity index (χ4v) is 2.48. The monoisotopic (exact) mass is 363 g/mol. The Balaban J connectivity index is -0.000000496. The van der Waals surface area contributed by atoms with Crippen molar-refractivity contribution < 1.29 is 4.74 Å². The van der Waals surface area contributed by atoms with Gasteiger partial charge in [0, 0.05) is 23.8 Å². The Hall–Kier alpha value is -0.540. The van der Waals surface area contributed by atoms with Crippen molar-refractivity contribution in [2.24, 2.45) is 5.73 Å². The van der Waals surface area contributed by atoms with Crippen LogP contribution in [0.4, 0.5) is 0 Å². The molecule has 0 saturated carbocycles. The zero-order valence-corrected chi connectivity index (χ0v) is 17.2. The lowest BCUT2D eigenvalue weighted by atomic mass is 10.1. The van der Waals surface area contributed by atoms with Crippen LogP contribution >= 0.6 is 23.2 Å². The zero-order chi connectivity index (χ0) is 18.7. The van der Waals surface area contributed by atoms with Crippen molar-refractivity contribution in [1.82, 2.24) is 0 Å². The maximum atomic E-state index is 6.17. The number of unbranched alkanes of at least 4 members (excludes halogenated alkanes) is 2. The van der Waals surface area contributed by atoms with Crippen LogP contribution in [0.15, 0.2) is 24.8 Å². The third kappa shape index (κ3) is 16.1. The molecule has 1 aromatic carbocycles. The highest BCUT2D eigenvalue weighted by Gasteiger charge is 2.06. The highest BCUT2D eigenvalue weighted by Crippen LogP contribution is 2.27. The van der Waals surface area contributed by atoms with Gasteiger partial charge >= 0.3 is 0 Å². The summed E-state index contributed by atoms with van der Waals surface area (Å²) in [6.07, 6.45) is 6.04. The van der Waals surface area contributed by atoms with Crippen molar-refractivity contribution >= 4 is 23.2 Å². The molecule has 136 valence electrons. The van der Waals surface area contributed by atoms with E-state index in [2.05, 4.69) is 12.3 Å². The van der Waals surface area contributed by atoms with Crippen LogP contribution in [-0.4, -0.2) is 20.8 Å². The average molecular weight is 364 g/mol. The first-order valence-electron chi connectivity index (χ1n) is 8.15. The highest BCUT2D eigenvalue weighted by atomic mass is 35.5. The molecule has 0 aliphatic carbocycles. The second-order valence-electron chi connectivity index (χ2n) is 4.42. The summed E-state index contributed by atoms with van der Waals surface area (Å²) in [7, 11) is 3.23. The summed E-state index contributed by atoms with van der Waals surface area (Å²) in [5.74, 6) is 0. The molecule has 0 bridgehead atoms. The number of hydrogen-bond donors (Lipinski definition) is 1. The van der Waals surface area contributed by atoms with Crippen LogP contribution in [-0.2, 0) is 11.2 Å². The lowest BCUT2D eigenvalue weighted by Crippen LogP contribution is -1.93. The molecule has 0 aliphatic heterocycles. The third-order valence-corrected chi connectivity index (χ3v) is 3.24. The van der Waals surface area contributed by atoms with E-state index in [0.717, 1.165) is 53.5 Å². The van der Waals surface area contributed by atoms with Gasteiger partial charge in [0.25, 0.3) is 0 Å². The SMILES string of the molecule is C=CC.CC.CN.COCCCCCc1c(Cl)cc(C)cc1Cl. The van der Waals surface area contributed by atoms with E-state index in [1.165, 1.54) is 7.05 Å². The van der Waals surface area contributed by atoms with Gasteiger partial charge in [-0.15, -0.1) is 6.58 Å². The molecule has 1 rings (SSSR count). The first kappa shape index (κ1) is 27.3. The number of halogens is 2. The van der Waals surface area contributed by atoms with Crippen LogP contribution in [0.25, 0.3) is 0 Å². The van der Waals surface area contributed by atoms with Crippen molar-refractivity contribution in [3.8, 4) is 0 Å². The van der Waals surface area contributed by atoms with Crippen LogP contribution in [0.2, 0.25) is 10.0 Å². The lowest BCUT2D eigenvalue weighted by Gasteiger charge is -2.08. The number of rotatable bonds is 6. The molecule has 4 heteroatoms. The first-order valence-corrected chi connectivity index (χ1v) is 8.90.